The van der Waals surface area contributed by atoms with Gasteiger partial charge in [0.2, 0.25) is 0 Å². The highest BCUT2D eigenvalue weighted by molar-refractivity contribution is 5.96. The Bertz CT molecular complexity index is 763. The number of hydrogen-bond donors (Lipinski definition) is 1. The van der Waals surface area contributed by atoms with Crippen LogP contribution in [0.4, 0.5) is 0 Å². The highest BCUT2D eigenvalue weighted by Gasteiger charge is 2.17. The molecule has 1 amide bonds. The molecule has 0 saturated carbocycles. The number of Topliss-reactive ketones (excluding diaryl/α,β-unsaturated/α-hetero) is 1. The maximum atomic E-state index is 11.7. The Balaban J connectivity index is 2.52. The predicted octanol–water partition coefficient (Wildman–Crippen LogP) is 2.12. The molecule has 0 atom stereocenters. The molecule has 0 aliphatic carbocycles. The topological polar surface area (TPSA) is 87.2 Å². The zero-order chi connectivity index (χ0) is 17.1. The van der Waals surface area contributed by atoms with Gasteiger partial charge in [0.15, 0.2) is 0 Å². The standard InChI is InChI=1S/C17H21N3O3/c1-5-23-16-7-6-13(9-15(16)17(18)22)20-12(4)14(8-10(2)21)11(3)19-20/h6-7,9H,5,8H2,1-4H3,(H2,18,22). The lowest BCUT2D eigenvalue weighted by Crippen LogP contribution is -2.14. The molecule has 0 spiro atoms. The van der Waals surface area contributed by atoms with E-state index in [-0.39, 0.29) is 5.78 Å². The number of carbonyl (C=O) groups is 2. The molecule has 1 aromatic heterocycles. The summed E-state index contributed by atoms with van der Waals surface area (Å²) in [6, 6.07) is 5.18. The lowest BCUT2D eigenvalue weighted by Gasteiger charge is -2.11. The molecule has 2 aromatic rings. The lowest BCUT2D eigenvalue weighted by atomic mass is 10.1. The van der Waals surface area contributed by atoms with E-state index in [1.54, 1.807) is 23.7 Å². The summed E-state index contributed by atoms with van der Waals surface area (Å²) in [5.74, 6) is -0.0182. The van der Waals surface area contributed by atoms with Gasteiger partial charge in [-0.25, -0.2) is 4.68 Å². The fourth-order valence-corrected chi connectivity index (χ4v) is 2.55. The third-order valence-corrected chi connectivity index (χ3v) is 3.64. The summed E-state index contributed by atoms with van der Waals surface area (Å²) in [4.78, 5) is 23.1. The minimum atomic E-state index is -0.555. The van der Waals surface area contributed by atoms with Crippen molar-refractivity contribution in [3.05, 3.63) is 40.7 Å². The Morgan fingerprint density at radius 3 is 2.57 bits per heavy atom. The van der Waals surface area contributed by atoms with Gasteiger partial charge in [0.25, 0.3) is 5.91 Å². The van der Waals surface area contributed by atoms with Crippen molar-refractivity contribution in [1.29, 1.82) is 0 Å². The van der Waals surface area contributed by atoms with Gasteiger partial charge in [-0.15, -0.1) is 0 Å². The maximum absolute atomic E-state index is 11.7. The van der Waals surface area contributed by atoms with Crippen molar-refractivity contribution >= 4 is 11.7 Å². The highest BCUT2D eigenvalue weighted by Crippen LogP contribution is 2.24. The summed E-state index contributed by atoms with van der Waals surface area (Å²) in [7, 11) is 0. The number of aryl methyl sites for hydroxylation is 1. The van der Waals surface area contributed by atoms with Crippen LogP contribution in [-0.2, 0) is 11.2 Å². The van der Waals surface area contributed by atoms with Crippen LogP contribution in [0.3, 0.4) is 0 Å². The van der Waals surface area contributed by atoms with Gasteiger partial charge in [0.1, 0.15) is 11.5 Å². The quantitative estimate of drug-likeness (QED) is 0.884. The Kier molecular flexibility index (Phi) is 4.83. The zero-order valence-electron chi connectivity index (χ0n) is 13.8. The molecule has 2 rings (SSSR count). The summed E-state index contributed by atoms with van der Waals surface area (Å²) in [5, 5.41) is 4.48. The summed E-state index contributed by atoms with van der Waals surface area (Å²) in [6.45, 7) is 7.61. The predicted molar refractivity (Wildman–Crippen MR) is 87.1 cm³/mol. The van der Waals surface area contributed by atoms with Crippen LogP contribution in [0, 0.1) is 13.8 Å². The largest absolute Gasteiger partial charge is 0.493 e. The minimum Gasteiger partial charge on any atom is -0.493 e. The normalized spacial score (nSPS) is 10.6. The number of hydrogen-bond acceptors (Lipinski definition) is 4. The number of primary amides is 1. The fourth-order valence-electron chi connectivity index (χ4n) is 2.55. The number of carbonyl (C=O) groups excluding carboxylic acids is 2. The van der Waals surface area contributed by atoms with Crippen LogP contribution in [0.15, 0.2) is 18.2 Å². The zero-order valence-corrected chi connectivity index (χ0v) is 13.8. The van der Waals surface area contributed by atoms with E-state index in [9.17, 15) is 9.59 Å². The van der Waals surface area contributed by atoms with Crippen LogP contribution in [0.25, 0.3) is 5.69 Å². The van der Waals surface area contributed by atoms with Gasteiger partial charge >= 0.3 is 0 Å². The fraction of sp³-hybridized carbons (Fsp3) is 0.353. The van der Waals surface area contributed by atoms with Crippen molar-refractivity contribution in [2.45, 2.75) is 34.1 Å². The number of amides is 1. The average Bonchev–Trinajstić information content (AvgIpc) is 2.75. The van der Waals surface area contributed by atoms with Crippen molar-refractivity contribution in [2.75, 3.05) is 6.61 Å². The molecule has 23 heavy (non-hydrogen) atoms. The molecule has 0 fully saturated rings. The van der Waals surface area contributed by atoms with Crippen LogP contribution < -0.4 is 10.5 Å². The van der Waals surface area contributed by atoms with Crippen LogP contribution >= 0.6 is 0 Å². The molecule has 1 heterocycles. The highest BCUT2D eigenvalue weighted by atomic mass is 16.5. The molecule has 0 aliphatic rings. The van der Waals surface area contributed by atoms with E-state index < -0.39 is 5.91 Å². The first-order chi connectivity index (χ1) is 10.8. The smallest absolute Gasteiger partial charge is 0.252 e. The van der Waals surface area contributed by atoms with Crippen molar-refractivity contribution in [1.82, 2.24) is 9.78 Å². The van der Waals surface area contributed by atoms with E-state index in [0.717, 1.165) is 17.0 Å². The van der Waals surface area contributed by atoms with Gasteiger partial charge in [-0.05, 0) is 45.9 Å². The summed E-state index contributed by atoms with van der Waals surface area (Å²) >= 11 is 0. The molecule has 0 bridgehead atoms. The number of nitrogens with two attached hydrogens (primary N) is 1. The Morgan fingerprint density at radius 1 is 1.30 bits per heavy atom. The van der Waals surface area contributed by atoms with Gasteiger partial charge in [-0.1, -0.05) is 0 Å². The molecular formula is C17H21N3O3. The van der Waals surface area contributed by atoms with Crippen LogP contribution in [0.2, 0.25) is 0 Å². The molecule has 0 saturated heterocycles. The summed E-state index contributed by atoms with van der Waals surface area (Å²) in [5.41, 5.74) is 9.03. The number of nitrogens with zero attached hydrogens (tertiary/aromatic N) is 2. The molecular weight excluding hydrogens is 294 g/mol. The third kappa shape index (κ3) is 3.41. The maximum Gasteiger partial charge on any atom is 0.252 e. The van der Waals surface area contributed by atoms with Gasteiger partial charge in [0, 0.05) is 17.7 Å². The van der Waals surface area contributed by atoms with Crippen LogP contribution in [0.1, 0.15) is 41.2 Å². The Morgan fingerprint density at radius 2 is 2.00 bits per heavy atom. The van der Waals surface area contributed by atoms with Crippen molar-refractivity contribution < 1.29 is 14.3 Å². The molecule has 6 nitrogen and oxygen atoms in total. The first kappa shape index (κ1) is 16.7. The van der Waals surface area contributed by atoms with Gasteiger partial charge in [-0.2, -0.15) is 5.10 Å². The number of rotatable bonds is 6. The Labute approximate surface area is 135 Å². The average molecular weight is 315 g/mol. The van der Waals surface area contributed by atoms with Gasteiger partial charge in [0.05, 0.1) is 23.6 Å². The van der Waals surface area contributed by atoms with Crippen LogP contribution in [0.5, 0.6) is 5.75 Å². The summed E-state index contributed by atoms with van der Waals surface area (Å²) < 4.78 is 7.14. The van der Waals surface area contributed by atoms with Crippen molar-refractivity contribution in [3.63, 3.8) is 0 Å². The Hall–Kier alpha value is -2.63. The van der Waals surface area contributed by atoms with Crippen LogP contribution in [-0.4, -0.2) is 28.1 Å². The molecule has 0 radical (unpaired) electrons. The monoisotopic (exact) mass is 315 g/mol. The van der Waals surface area contributed by atoms with Crippen molar-refractivity contribution in [3.8, 4) is 11.4 Å². The van der Waals surface area contributed by atoms with Gasteiger partial charge in [-0.3, -0.25) is 9.59 Å². The molecule has 6 heteroatoms. The van der Waals surface area contributed by atoms with E-state index in [1.807, 2.05) is 26.8 Å². The second kappa shape index (κ2) is 6.64. The number of ether oxygens (including phenoxy) is 1. The molecule has 0 aliphatic heterocycles. The summed E-state index contributed by atoms with van der Waals surface area (Å²) in [6.07, 6.45) is 0.345. The number of benzene rings is 1. The van der Waals surface area contributed by atoms with E-state index in [4.69, 9.17) is 10.5 Å². The molecule has 2 N–H and O–H groups in total. The third-order valence-electron chi connectivity index (χ3n) is 3.64. The number of aromatic nitrogens is 2. The van der Waals surface area contributed by atoms with E-state index >= 15 is 0 Å². The van der Waals surface area contributed by atoms with E-state index in [0.29, 0.717) is 30.0 Å². The van der Waals surface area contributed by atoms with Gasteiger partial charge < -0.3 is 10.5 Å². The first-order valence-corrected chi connectivity index (χ1v) is 7.46. The van der Waals surface area contributed by atoms with E-state index in [2.05, 4.69) is 5.10 Å². The second-order valence-corrected chi connectivity index (χ2v) is 5.42. The SMILES string of the molecule is CCOc1ccc(-n2nc(C)c(CC(C)=O)c2C)cc1C(N)=O. The van der Waals surface area contributed by atoms with Crippen molar-refractivity contribution in [2.24, 2.45) is 5.73 Å². The minimum absolute atomic E-state index is 0.0836. The molecule has 1 aromatic carbocycles. The lowest BCUT2D eigenvalue weighted by molar-refractivity contribution is -0.116. The number of ketones is 1. The molecule has 0 unspecified atom stereocenters. The van der Waals surface area contributed by atoms with E-state index in [1.165, 1.54) is 0 Å². The second-order valence-electron chi connectivity index (χ2n) is 5.42. The molecule has 122 valence electrons. The first-order valence-electron chi connectivity index (χ1n) is 7.46.